The number of anilines is 1. The van der Waals surface area contributed by atoms with Crippen LogP contribution in [0, 0.1) is 0 Å². The largest absolute Gasteiger partial charge is 0.490 e. The number of nitrogens with zero attached hydrogens (tertiary/aromatic N) is 2. The predicted octanol–water partition coefficient (Wildman–Crippen LogP) is 2.64. The molecule has 2 aromatic rings. The zero-order valence-electron chi connectivity index (χ0n) is 11.7. The van der Waals surface area contributed by atoms with Crippen molar-refractivity contribution in [1.29, 1.82) is 0 Å². The monoisotopic (exact) mass is 273 g/mol. The molecule has 2 N–H and O–H groups in total. The third-order valence-electron chi connectivity index (χ3n) is 2.79. The number of rotatable bonds is 6. The van der Waals surface area contributed by atoms with E-state index in [1.165, 1.54) is 6.33 Å². The summed E-state index contributed by atoms with van der Waals surface area (Å²) < 4.78 is 11.2. The number of hydrogen-bond donors (Lipinski definition) is 1. The van der Waals surface area contributed by atoms with Gasteiger partial charge in [0, 0.05) is 0 Å². The van der Waals surface area contributed by atoms with Crippen molar-refractivity contribution in [3.8, 4) is 11.6 Å². The number of benzene rings is 1. The number of nitrogen functional groups attached to an aromatic ring is 1. The molecule has 0 aliphatic carbocycles. The normalized spacial score (nSPS) is 10.6. The van der Waals surface area contributed by atoms with E-state index in [9.17, 15) is 0 Å². The van der Waals surface area contributed by atoms with E-state index >= 15 is 0 Å². The van der Waals surface area contributed by atoms with Gasteiger partial charge in [-0.05, 0) is 18.1 Å². The van der Waals surface area contributed by atoms with Crippen molar-refractivity contribution in [3.05, 3.63) is 42.2 Å². The highest BCUT2D eigenvalue weighted by Gasteiger charge is 2.13. The minimum Gasteiger partial charge on any atom is -0.490 e. The van der Waals surface area contributed by atoms with E-state index in [4.69, 9.17) is 15.2 Å². The molecule has 2 rings (SSSR count). The molecule has 0 fully saturated rings. The third-order valence-corrected chi connectivity index (χ3v) is 2.79. The van der Waals surface area contributed by atoms with Crippen LogP contribution in [0.5, 0.6) is 11.6 Å². The Balaban J connectivity index is 1.90. The van der Waals surface area contributed by atoms with Crippen molar-refractivity contribution in [1.82, 2.24) is 9.97 Å². The fraction of sp³-hybridized carbons (Fsp3) is 0.333. The van der Waals surface area contributed by atoms with Crippen LogP contribution in [0.1, 0.15) is 25.3 Å². The third kappa shape index (κ3) is 3.60. The van der Waals surface area contributed by atoms with Crippen molar-refractivity contribution in [3.63, 3.8) is 0 Å². The van der Waals surface area contributed by atoms with Gasteiger partial charge < -0.3 is 15.2 Å². The van der Waals surface area contributed by atoms with E-state index in [1.54, 1.807) is 0 Å². The van der Waals surface area contributed by atoms with Crippen LogP contribution in [0.4, 0.5) is 5.82 Å². The Morgan fingerprint density at radius 3 is 2.45 bits per heavy atom. The van der Waals surface area contributed by atoms with Gasteiger partial charge >= 0.3 is 0 Å². The summed E-state index contributed by atoms with van der Waals surface area (Å²) in [5.74, 6) is 2.03. The summed E-state index contributed by atoms with van der Waals surface area (Å²) >= 11 is 0. The first-order valence-electron chi connectivity index (χ1n) is 6.59. The Kier molecular flexibility index (Phi) is 4.76. The molecule has 20 heavy (non-hydrogen) atoms. The molecule has 1 aromatic carbocycles. The smallest absolute Gasteiger partial charge is 0.222 e. The van der Waals surface area contributed by atoms with Gasteiger partial charge in [-0.1, -0.05) is 32.0 Å². The van der Waals surface area contributed by atoms with E-state index < -0.39 is 0 Å². The molecule has 0 saturated heterocycles. The number of hydrogen-bond acceptors (Lipinski definition) is 5. The van der Waals surface area contributed by atoms with Crippen LogP contribution in [0.15, 0.2) is 36.7 Å². The summed E-state index contributed by atoms with van der Waals surface area (Å²) in [6.07, 6.45) is 1.41. The fourth-order valence-electron chi connectivity index (χ4n) is 1.86. The van der Waals surface area contributed by atoms with Gasteiger partial charge in [0.15, 0.2) is 0 Å². The Morgan fingerprint density at radius 1 is 1.05 bits per heavy atom. The maximum atomic E-state index is 5.86. The molecule has 1 heterocycles. The van der Waals surface area contributed by atoms with Crippen LogP contribution >= 0.6 is 0 Å². The molecule has 5 nitrogen and oxygen atoms in total. The van der Waals surface area contributed by atoms with E-state index in [-0.39, 0.29) is 5.92 Å². The molecule has 0 bridgehead atoms. The van der Waals surface area contributed by atoms with Crippen molar-refractivity contribution in [2.75, 3.05) is 18.9 Å². The van der Waals surface area contributed by atoms with Crippen LogP contribution in [-0.4, -0.2) is 23.2 Å². The molecule has 0 aliphatic rings. The summed E-state index contributed by atoms with van der Waals surface area (Å²) in [6.45, 7) is 4.92. The number of para-hydroxylation sites is 1. The number of aromatic nitrogens is 2. The molecule has 0 saturated carbocycles. The molecule has 0 spiro atoms. The van der Waals surface area contributed by atoms with Crippen molar-refractivity contribution in [2.24, 2.45) is 0 Å². The minimum absolute atomic E-state index is 0.209. The molecule has 0 atom stereocenters. The van der Waals surface area contributed by atoms with Crippen molar-refractivity contribution in [2.45, 2.75) is 19.8 Å². The molecule has 0 aliphatic heterocycles. The molecular weight excluding hydrogens is 254 g/mol. The van der Waals surface area contributed by atoms with Crippen LogP contribution in [0.3, 0.4) is 0 Å². The topological polar surface area (TPSA) is 70.3 Å². The van der Waals surface area contributed by atoms with Crippen LogP contribution < -0.4 is 15.2 Å². The molecule has 1 aromatic heterocycles. The van der Waals surface area contributed by atoms with E-state index in [1.807, 2.05) is 44.2 Å². The number of ether oxygens (including phenoxy) is 2. The second-order valence-corrected chi connectivity index (χ2v) is 4.64. The highest BCUT2D eigenvalue weighted by Crippen LogP contribution is 2.27. The lowest BCUT2D eigenvalue weighted by Crippen LogP contribution is -2.12. The standard InChI is InChI=1S/C15H19N3O2/c1-11(2)13-14(16)17-10-18-15(13)20-9-8-19-12-6-4-3-5-7-12/h3-7,10-11H,8-9H2,1-2H3,(H2,16,17,18). The van der Waals surface area contributed by atoms with Gasteiger partial charge in [-0.15, -0.1) is 0 Å². The Bertz CT molecular complexity index is 544. The maximum absolute atomic E-state index is 5.86. The lowest BCUT2D eigenvalue weighted by atomic mass is 10.1. The first kappa shape index (κ1) is 14.1. The van der Waals surface area contributed by atoms with Crippen molar-refractivity contribution < 1.29 is 9.47 Å². The average molecular weight is 273 g/mol. The SMILES string of the molecule is CC(C)c1c(N)ncnc1OCCOc1ccccc1. The fourth-order valence-corrected chi connectivity index (χ4v) is 1.86. The maximum Gasteiger partial charge on any atom is 0.222 e. The molecule has 5 heteroatoms. The summed E-state index contributed by atoms with van der Waals surface area (Å²) in [4.78, 5) is 8.13. The van der Waals surface area contributed by atoms with Crippen LogP contribution in [0.25, 0.3) is 0 Å². The first-order chi connectivity index (χ1) is 9.68. The van der Waals surface area contributed by atoms with Gasteiger partial charge in [-0.3, -0.25) is 0 Å². The van der Waals surface area contributed by atoms with Gasteiger partial charge in [0.05, 0.1) is 5.56 Å². The second kappa shape index (κ2) is 6.75. The zero-order valence-corrected chi connectivity index (χ0v) is 11.7. The Morgan fingerprint density at radius 2 is 1.75 bits per heavy atom. The second-order valence-electron chi connectivity index (χ2n) is 4.64. The summed E-state index contributed by atoms with van der Waals surface area (Å²) in [5.41, 5.74) is 6.70. The van der Waals surface area contributed by atoms with Crippen LogP contribution in [0.2, 0.25) is 0 Å². The van der Waals surface area contributed by atoms with Gasteiger partial charge in [-0.2, -0.15) is 0 Å². The van der Waals surface area contributed by atoms with E-state index in [0.29, 0.717) is 24.9 Å². The summed E-state index contributed by atoms with van der Waals surface area (Å²) in [5, 5.41) is 0. The Hall–Kier alpha value is -2.30. The lowest BCUT2D eigenvalue weighted by molar-refractivity contribution is 0.210. The highest BCUT2D eigenvalue weighted by atomic mass is 16.5. The summed E-state index contributed by atoms with van der Waals surface area (Å²) in [7, 11) is 0. The average Bonchev–Trinajstić information content (AvgIpc) is 2.44. The molecule has 0 radical (unpaired) electrons. The van der Waals surface area contributed by atoms with Gasteiger partial charge in [0.1, 0.15) is 31.1 Å². The quantitative estimate of drug-likeness (QED) is 0.819. The van der Waals surface area contributed by atoms with Gasteiger partial charge in [-0.25, -0.2) is 9.97 Å². The number of nitrogens with two attached hydrogens (primary N) is 1. The molecule has 106 valence electrons. The minimum atomic E-state index is 0.209. The van der Waals surface area contributed by atoms with Crippen molar-refractivity contribution >= 4 is 5.82 Å². The van der Waals surface area contributed by atoms with Gasteiger partial charge in [0.2, 0.25) is 5.88 Å². The predicted molar refractivity (Wildman–Crippen MR) is 78.0 cm³/mol. The highest BCUT2D eigenvalue weighted by molar-refractivity contribution is 5.46. The lowest BCUT2D eigenvalue weighted by Gasteiger charge is -2.14. The first-order valence-corrected chi connectivity index (χ1v) is 6.59. The molecule has 0 amide bonds. The van der Waals surface area contributed by atoms with E-state index in [2.05, 4.69) is 9.97 Å². The molecular formula is C15H19N3O2. The van der Waals surface area contributed by atoms with E-state index in [0.717, 1.165) is 11.3 Å². The molecule has 0 unspecified atom stereocenters. The van der Waals surface area contributed by atoms with Crippen LogP contribution in [-0.2, 0) is 0 Å². The van der Waals surface area contributed by atoms with Gasteiger partial charge in [0.25, 0.3) is 0 Å². The zero-order chi connectivity index (χ0) is 14.4. The summed E-state index contributed by atoms with van der Waals surface area (Å²) in [6, 6.07) is 9.61. The Labute approximate surface area is 118 Å².